The van der Waals surface area contributed by atoms with E-state index in [0.717, 1.165) is 109 Å². The summed E-state index contributed by atoms with van der Waals surface area (Å²) in [6.07, 6.45) is 92.7. The minimum absolute atomic E-state index is 0.192. The van der Waals surface area contributed by atoms with Crippen molar-refractivity contribution < 1.29 is 39.8 Å². The van der Waals surface area contributed by atoms with Crippen LogP contribution in [-0.2, 0) is 14.3 Å². The van der Waals surface area contributed by atoms with Gasteiger partial charge >= 0.3 is 0 Å². The normalized spacial score (nSPS) is 18.8. The molecule has 1 saturated heterocycles. The van der Waals surface area contributed by atoms with Crippen LogP contribution in [0.4, 0.5) is 0 Å². The molecule has 1 fully saturated rings. The highest BCUT2D eigenvalue weighted by Crippen LogP contribution is 2.23. The molecule has 0 aromatic rings. The van der Waals surface area contributed by atoms with Crippen molar-refractivity contribution in [2.24, 2.45) is 0 Å². The zero-order valence-electron chi connectivity index (χ0n) is 55.7. The Labute approximate surface area is 534 Å². The van der Waals surface area contributed by atoms with Gasteiger partial charge < -0.3 is 40.3 Å². The Bertz CT molecular complexity index is 1840. The van der Waals surface area contributed by atoms with E-state index >= 15 is 0 Å². The molecule has 1 rings (SSSR count). The van der Waals surface area contributed by atoms with Gasteiger partial charge in [-0.3, -0.25) is 4.79 Å². The second-order valence-corrected chi connectivity index (χ2v) is 24.3. The summed E-state index contributed by atoms with van der Waals surface area (Å²) < 4.78 is 11.3. The van der Waals surface area contributed by atoms with Crippen LogP contribution >= 0.6 is 0 Å². The molecule has 7 unspecified atom stereocenters. The summed E-state index contributed by atoms with van der Waals surface area (Å²) in [5, 5.41) is 54.8. The third-order valence-corrected chi connectivity index (χ3v) is 16.2. The predicted octanol–water partition coefficient (Wildman–Crippen LogP) is 20.0. The molecule has 9 heteroatoms. The molecule has 498 valence electrons. The number of ether oxygens (including phenoxy) is 2. The molecule has 87 heavy (non-hydrogen) atoms. The van der Waals surface area contributed by atoms with E-state index in [0.29, 0.717) is 6.42 Å². The summed E-state index contributed by atoms with van der Waals surface area (Å²) in [7, 11) is 0. The quantitative estimate of drug-likeness (QED) is 0.0261. The van der Waals surface area contributed by atoms with E-state index < -0.39 is 49.5 Å². The first-order valence-electron chi connectivity index (χ1n) is 35.9. The van der Waals surface area contributed by atoms with Crippen LogP contribution in [0.1, 0.15) is 296 Å². The van der Waals surface area contributed by atoms with Gasteiger partial charge in [-0.1, -0.05) is 321 Å². The van der Waals surface area contributed by atoms with Crippen LogP contribution in [0.2, 0.25) is 0 Å². The Morgan fingerprint density at radius 2 is 0.724 bits per heavy atom. The highest BCUT2D eigenvalue weighted by molar-refractivity contribution is 5.76. The number of hydrogen-bond donors (Lipinski definition) is 6. The van der Waals surface area contributed by atoms with Gasteiger partial charge in [0, 0.05) is 6.42 Å². The van der Waals surface area contributed by atoms with Crippen molar-refractivity contribution in [3.63, 3.8) is 0 Å². The SMILES string of the molecule is CC/C=C\C/C=C\C/C=C\C/C=C\C/C=C\C/C=C\C/C=C\C/C=C\C/C=C\CCCCCCCCCCCCCC(=O)NC(COC1OC(CO)C(O)C(O)C1O)C(O)/C=C/CC/C=C/CCCCCCCCCCCCCCCCCCCCC. The molecule has 0 bridgehead atoms. The van der Waals surface area contributed by atoms with E-state index in [1.54, 1.807) is 6.08 Å². The first-order chi connectivity index (χ1) is 42.8. The molecule has 9 nitrogen and oxygen atoms in total. The van der Waals surface area contributed by atoms with E-state index in [-0.39, 0.29) is 12.5 Å². The number of unbranched alkanes of at least 4 members (excludes halogenated alkanes) is 31. The Morgan fingerprint density at radius 1 is 0.402 bits per heavy atom. The van der Waals surface area contributed by atoms with Crippen molar-refractivity contribution >= 4 is 5.91 Å². The number of allylic oxidation sites excluding steroid dienone is 21. The molecule has 0 aromatic heterocycles. The highest BCUT2D eigenvalue weighted by atomic mass is 16.7. The van der Waals surface area contributed by atoms with Gasteiger partial charge in [0.2, 0.25) is 5.91 Å². The molecular formula is C78H133NO8. The summed E-state index contributed by atoms with van der Waals surface area (Å²) in [4.78, 5) is 13.1. The van der Waals surface area contributed by atoms with E-state index in [2.05, 4.69) is 141 Å². The van der Waals surface area contributed by atoms with Crippen LogP contribution in [0.15, 0.2) is 134 Å². The van der Waals surface area contributed by atoms with Crippen LogP contribution in [-0.4, -0.2) is 87.5 Å². The molecule has 0 aromatic carbocycles. The first kappa shape index (κ1) is 81.3. The molecule has 7 atom stereocenters. The lowest BCUT2D eigenvalue weighted by Crippen LogP contribution is -2.60. The van der Waals surface area contributed by atoms with Crippen molar-refractivity contribution in [1.29, 1.82) is 0 Å². The molecule has 1 heterocycles. The van der Waals surface area contributed by atoms with Gasteiger partial charge in [-0.2, -0.15) is 0 Å². The van der Waals surface area contributed by atoms with E-state index in [9.17, 15) is 30.3 Å². The maximum absolute atomic E-state index is 13.1. The molecule has 1 aliphatic heterocycles. The Kier molecular flexibility index (Phi) is 61.0. The van der Waals surface area contributed by atoms with Gasteiger partial charge in [0.25, 0.3) is 0 Å². The van der Waals surface area contributed by atoms with Crippen LogP contribution in [0.5, 0.6) is 0 Å². The number of carbonyl (C=O) groups excluding carboxylic acids is 1. The summed E-state index contributed by atoms with van der Waals surface area (Å²) >= 11 is 0. The number of rotatable bonds is 61. The smallest absolute Gasteiger partial charge is 0.220 e. The van der Waals surface area contributed by atoms with Gasteiger partial charge in [-0.25, -0.2) is 0 Å². The summed E-state index contributed by atoms with van der Waals surface area (Å²) in [5.41, 5.74) is 0. The number of carbonyl (C=O) groups is 1. The Balaban J connectivity index is 2.16. The van der Waals surface area contributed by atoms with Gasteiger partial charge in [0.1, 0.15) is 24.4 Å². The van der Waals surface area contributed by atoms with Crippen molar-refractivity contribution in [3.8, 4) is 0 Å². The number of nitrogens with one attached hydrogen (secondary N) is 1. The average Bonchev–Trinajstić information content (AvgIpc) is 3.38. The topological polar surface area (TPSA) is 149 Å². The average molecular weight is 1210 g/mol. The molecular weight excluding hydrogens is 1080 g/mol. The van der Waals surface area contributed by atoms with Crippen LogP contribution < -0.4 is 5.32 Å². The maximum Gasteiger partial charge on any atom is 0.220 e. The fourth-order valence-electron chi connectivity index (χ4n) is 10.6. The molecule has 0 aliphatic carbocycles. The second kappa shape index (κ2) is 65.3. The van der Waals surface area contributed by atoms with Gasteiger partial charge in [-0.15, -0.1) is 0 Å². The maximum atomic E-state index is 13.1. The number of aliphatic hydroxyl groups excluding tert-OH is 5. The summed E-state index contributed by atoms with van der Waals surface area (Å²) in [5.74, 6) is -0.192. The minimum atomic E-state index is -1.58. The largest absolute Gasteiger partial charge is 0.394 e. The monoisotopic (exact) mass is 1210 g/mol. The molecule has 0 radical (unpaired) electrons. The summed E-state index contributed by atoms with van der Waals surface area (Å²) in [6.45, 7) is 3.67. The highest BCUT2D eigenvalue weighted by Gasteiger charge is 2.44. The van der Waals surface area contributed by atoms with Gasteiger partial charge in [-0.05, 0) is 103 Å². The fraction of sp³-hybridized carbons (Fsp3) is 0.705. The van der Waals surface area contributed by atoms with Crippen molar-refractivity contribution in [2.75, 3.05) is 13.2 Å². The standard InChI is InChI=1S/C78H133NO8/c1-3-5-7-9-11-13-15-17-19-21-23-25-27-29-30-31-32-33-34-35-36-37-38-39-40-41-42-44-46-48-50-52-54-56-58-60-62-64-66-68-74(82)79-71(70-86-78-77(85)76(84)75(83)73(69-80)87-78)72(81)67-65-63-61-59-57-55-53-51-49-47-45-43-28-26-24-22-20-18-16-14-12-10-8-6-4-2/h5,7,11,13,17,19,23,25,29-30,32-33,35-36,38-39,41-42,57,59,65,67,71-73,75-78,80-81,83-85H,3-4,6,8-10,12,14-16,18,20-22,24,26-28,31,34,37,40,43-56,58,60-64,66,68-70H2,1-2H3,(H,79,82)/b7-5-,13-11-,19-17-,25-23-,30-29-,33-32-,36-35-,39-38-,42-41-,59-57+,67-65+. The molecule has 0 saturated carbocycles. The first-order valence-corrected chi connectivity index (χ1v) is 35.9. The Hall–Kier alpha value is -3.67. The number of hydrogen-bond acceptors (Lipinski definition) is 8. The van der Waals surface area contributed by atoms with E-state index in [4.69, 9.17) is 9.47 Å². The lowest BCUT2D eigenvalue weighted by Gasteiger charge is -2.40. The molecule has 6 N–H and O–H groups in total. The zero-order chi connectivity index (χ0) is 62.8. The van der Waals surface area contributed by atoms with Gasteiger partial charge in [0.15, 0.2) is 6.29 Å². The molecule has 1 aliphatic rings. The summed E-state index contributed by atoms with van der Waals surface area (Å²) in [6, 6.07) is -0.834. The number of aliphatic hydroxyl groups is 5. The third kappa shape index (κ3) is 53.8. The van der Waals surface area contributed by atoms with Crippen LogP contribution in [0, 0.1) is 0 Å². The van der Waals surface area contributed by atoms with Crippen molar-refractivity contribution in [2.45, 2.75) is 339 Å². The zero-order valence-corrected chi connectivity index (χ0v) is 55.7. The lowest BCUT2D eigenvalue weighted by molar-refractivity contribution is -0.302. The van der Waals surface area contributed by atoms with Crippen molar-refractivity contribution in [3.05, 3.63) is 134 Å². The third-order valence-electron chi connectivity index (χ3n) is 16.2. The van der Waals surface area contributed by atoms with Gasteiger partial charge in [0.05, 0.1) is 25.4 Å². The lowest BCUT2D eigenvalue weighted by atomic mass is 9.99. The van der Waals surface area contributed by atoms with Crippen LogP contribution in [0.25, 0.3) is 0 Å². The molecule has 1 amide bonds. The van der Waals surface area contributed by atoms with Crippen molar-refractivity contribution in [1.82, 2.24) is 5.32 Å². The van der Waals surface area contributed by atoms with Crippen LogP contribution in [0.3, 0.4) is 0 Å². The fourth-order valence-corrected chi connectivity index (χ4v) is 10.6. The number of amides is 1. The Morgan fingerprint density at radius 3 is 1.10 bits per heavy atom. The molecule has 0 spiro atoms. The second-order valence-electron chi connectivity index (χ2n) is 24.3. The minimum Gasteiger partial charge on any atom is -0.394 e. The predicted molar refractivity (Wildman–Crippen MR) is 373 cm³/mol. The van der Waals surface area contributed by atoms with E-state index in [1.807, 2.05) is 6.08 Å². The van der Waals surface area contributed by atoms with E-state index in [1.165, 1.54) is 167 Å².